The first-order valence-corrected chi connectivity index (χ1v) is 9.11. The highest BCUT2D eigenvalue weighted by Crippen LogP contribution is 2.52. The number of methoxy groups -OCH3 is 1. The third kappa shape index (κ3) is 1.83. The van der Waals surface area contributed by atoms with Crippen molar-refractivity contribution < 1.29 is 13.6 Å². The molecule has 1 saturated heterocycles. The molecule has 0 amide bonds. The Kier molecular flexibility index (Phi) is 2.57. The lowest BCUT2D eigenvalue weighted by atomic mass is 9.60. The largest absolute Gasteiger partial charge is 0.468 e. The number of hydrogen-bond acceptors (Lipinski definition) is 3. The van der Waals surface area contributed by atoms with Gasteiger partial charge in [-0.1, -0.05) is 36.8 Å². The van der Waals surface area contributed by atoms with Gasteiger partial charge in [0.2, 0.25) is 0 Å². The van der Waals surface area contributed by atoms with Gasteiger partial charge in [-0.05, 0) is 36.8 Å². The standard InChI is InChI=1S/C21H24N2O2/c1-3-14-10-13-11-21(20(24)25-2)18-16(8-9-23(12-13)19(14)21)15-6-4-5-7-17(15)22-18/h4-7,10,13,19,22H,3,8-9,11-12H2,1-2H3/t13?,19-,21-/m0/s1/i2D3. The molecule has 1 aliphatic carbocycles. The monoisotopic (exact) mass is 339 g/mol. The Bertz CT molecular complexity index is 993. The van der Waals surface area contributed by atoms with Gasteiger partial charge < -0.3 is 9.72 Å². The average Bonchev–Trinajstić information content (AvgIpc) is 2.99. The first-order chi connectivity index (χ1) is 13.3. The Morgan fingerprint density at radius 2 is 2.36 bits per heavy atom. The van der Waals surface area contributed by atoms with Crippen molar-refractivity contribution in [3.8, 4) is 0 Å². The number of carbonyl (C=O) groups excluding carboxylic acids is 1. The lowest BCUT2D eigenvalue weighted by Crippen LogP contribution is -2.63. The van der Waals surface area contributed by atoms with E-state index in [0.717, 1.165) is 48.1 Å². The number of carbonyl (C=O) groups is 1. The molecule has 6 rings (SSSR count). The molecule has 4 bridgehead atoms. The third-order valence-electron chi connectivity index (χ3n) is 6.46. The molecule has 1 aromatic carbocycles. The number of para-hydroxylation sites is 1. The fourth-order valence-electron chi connectivity index (χ4n) is 5.62. The molecule has 130 valence electrons. The SMILES string of the molecule is [2H]C([2H])([2H])OC(=O)[C@]12CC3C=C(CC)[C@@H]1N(CCc1c2[nH]c2ccccc12)C3. The summed E-state index contributed by atoms with van der Waals surface area (Å²) in [5.41, 5.74) is 3.20. The predicted molar refractivity (Wildman–Crippen MR) is 97.5 cm³/mol. The van der Waals surface area contributed by atoms with Crippen LogP contribution in [0, 0.1) is 5.92 Å². The number of H-pyrrole nitrogens is 1. The van der Waals surface area contributed by atoms with Gasteiger partial charge in [-0.3, -0.25) is 9.69 Å². The molecule has 4 atom stereocenters. The Morgan fingerprint density at radius 1 is 1.48 bits per heavy atom. The van der Waals surface area contributed by atoms with Crippen LogP contribution < -0.4 is 0 Å². The topological polar surface area (TPSA) is 45.3 Å². The van der Waals surface area contributed by atoms with Crippen LogP contribution in [0.1, 0.15) is 35.1 Å². The van der Waals surface area contributed by atoms with Crippen LogP contribution in [0.2, 0.25) is 0 Å². The van der Waals surface area contributed by atoms with Gasteiger partial charge in [-0.2, -0.15) is 0 Å². The zero-order chi connectivity index (χ0) is 19.7. The lowest BCUT2D eigenvalue weighted by molar-refractivity contribution is -0.153. The minimum atomic E-state index is -2.75. The van der Waals surface area contributed by atoms with Crippen LogP contribution in [-0.2, 0) is 21.4 Å². The van der Waals surface area contributed by atoms with Crippen molar-refractivity contribution >= 4 is 16.9 Å². The molecule has 0 saturated carbocycles. The van der Waals surface area contributed by atoms with E-state index in [1.807, 2.05) is 18.2 Å². The van der Waals surface area contributed by atoms with E-state index >= 15 is 0 Å². The van der Waals surface area contributed by atoms with Crippen LogP contribution in [0.15, 0.2) is 35.9 Å². The van der Waals surface area contributed by atoms with E-state index in [1.165, 1.54) is 5.57 Å². The predicted octanol–water partition coefficient (Wildman–Crippen LogP) is 3.18. The van der Waals surface area contributed by atoms with E-state index in [1.54, 1.807) is 0 Å². The van der Waals surface area contributed by atoms with Crippen LogP contribution in [-0.4, -0.2) is 42.0 Å². The highest BCUT2D eigenvalue weighted by molar-refractivity contribution is 5.92. The number of nitrogens with zero attached hydrogens (tertiary/aromatic N) is 1. The summed E-state index contributed by atoms with van der Waals surface area (Å²) >= 11 is 0. The molecule has 0 spiro atoms. The van der Waals surface area contributed by atoms with Crippen molar-refractivity contribution in [2.75, 3.05) is 20.1 Å². The van der Waals surface area contributed by atoms with Gasteiger partial charge in [0.1, 0.15) is 5.41 Å². The first kappa shape index (κ1) is 12.3. The fraction of sp³-hybridized carbons (Fsp3) is 0.476. The zero-order valence-corrected chi connectivity index (χ0v) is 14.3. The summed E-state index contributed by atoms with van der Waals surface area (Å²) in [7, 11) is -2.75. The molecule has 25 heavy (non-hydrogen) atoms. The number of benzene rings is 1. The quantitative estimate of drug-likeness (QED) is 0.675. The molecule has 1 N–H and O–H groups in total. The maximum Gasteiger partial charge on any atom is 0.319 e. The molecule has 2 unspecified atom stereocenters. The highest BCUT2D eigenvalue weighted by Gasteiger charge is 2.60. The van der Waals surface area contributed by atoms with Crippen LogP contribution in [0.4, 0.5) is 0 Å². The number of hydrogen-bond donors (Lipinski definition) is 1. The van der Waals surface area contributed by atoms with Gasteiger partial charge in [-0.25, -0.2) is 0 Å². The van der Waals surface area contributed by atoms with Crippen molar-refractivity contribution in [2.24, 2.45) is 5.92 Å². The molecule has 1 fully saturated rings. The van der Waals surface area contributed by atoms with E-state index in [0.29, 0.717) is 6.42 Å². The number of fused-ring (bicyclic) bond motifs is 3. The molecule has 1 aromatic heterocycles. The van der Waals surface area contributed by atoms with Crippen molar-refractivity contribution in [3.05, 3.63) is 47.2 Å². The lowest BCUT2D eigenvalue weighted by Gasteiger charge is -2.53. The van der Waals surface area contributed by atoms with E-state index in [-0.39, 0.29) is 12.0 Å². The summed E-state index contributed by atoms with van der Waals surface area (Å²) < 4.78 is 27.7. The van der Waals surface area contributed by atoms with Gasteiger partial charge in [0.15, 0.2) is 0 Å². The number of esters is 1. The number of aromatic nitrogens is 1. The molecule has 4 heterocycles. The number of piperidine rings is 1. The van der Waals surface area contributed by atoms with Crippen molar-refractivity contribution in [2.45, 2.75) is 37.6 Å². The van der Waals surface area contributed by atoms with Gasteiger partial charge in [0, 0.05) is 29.7 Å². The molecule has 0 radical (unpaired) electrons. The Balaban J connectivity index is 1.78. The normalized spacial score (nSPS) is 35.2. The van der Waals surface area contributed by atoms with Gasteiger partial charge >= 0.3 is 5.97 Å². The van der Waals surface area contributed by atoms with Crippen LogP contribution in [0.25, 0.3) is 10.9 Å². The minimum absolute atomic E-state index is 0.147. The van der Waals surface area contributed by atoms with Crippen LogP contribution in [0.3, 0.4) is 0 Å². The van der Waals surface area contributed by atoms with E-state index < -0.39 is 18.4 Å². The molecular formula is C21H24N2O2. The Hall–Kier alpha value is -2.07. The van der Waals surface area contributed by atoms with Gasteiger partial charge in [0.25, 0.3) is 0 Å². The molecule has 4 nitrogen and oxygen atoms in total. The summed E-state index contributed by atoms with van der Waals surface area (Å²) in [6.45, 7) is 3.88. The van der Waals surface area contributed by atoms with Crippen molar-refractivity contribution in [3.63, 3.8) is 0 Å². The van der Waals surface area contributed by atoms with Crippen LogP contribution >= 0.6 is 0 Å². The number of ether oxygens (including phenoxy) is 1. The third-order valence-corrected chi connectivity index (χ3v) is 6.46. The Morgan fingerprint density at radius 3 is 3.20 bits per heavy atom. The molecule has 4 aliphatic rings. The van der Waals surface area contributed by atoms with E-state index in [4.69, 9.17) is 8.85 Å². The molecule has 4 heteroatoms. The summed E-state index contributed by atoms with van der Waals surface area (Å²) in [4.78, 5) is 19.4. The molecule has 2 aromatic rings. The minimum Gasteiger partial charge on any atom is -0.468 e. The zero-order valence-electron chi connectivity index (χ0n) is 17.3. The van der Waals surface area contributed by atoms with Gasteiger partial charge in [0.05, 0.1) is 17.2 Å². The van der Waals surface area contributed by atoms with Gasteiger partial charge in [-0.15, -0.1) is 0 Å². The van der Waals surface area contributed by atoms with E-state index in [2.05, 4.69) is 29.0 Å². The number of nitrogens with one attached hydrogen (secondary N) is 1. The second-order valence-corrected chi connectivity index (χ2v) is 7.59. The first-order valence-electron chi connectivity index (χ1n) is 10.6. The highest BCUT2D eigenvalue weighted by atomic mass is 16.5. The second-order valence-electron chi connectivity index (χ2n) is 7.59. The molecule has 3 aliphatic heterocycles. The smallest absolute Gasteiger partial charge is 0.319 e. The molecular weight excluding hydrogens is 312 g/mol. The number of rotatable bonds is 2. The fourth-order valence-corrected chi connectivity index (χ4v) is 5.62. The maximum atomic E-state index is 13.5. The summed E-state index contributed by atoms with van der Waals surface area (Å²) in [5.74, 6) is -0.401. The Labute approximate surface area is 152 Å². The van der Waals surface area contributed by atoms with Crippen LogP contribution in [0.5, 0.6) is 0 Å². The van der Waals surface area contributed by atoms with Crippen molar-refractivity contribution in [1.29, 1.82) is 0 Å². The average molecular weight is 339 g/mol. The summed E-state index contributed by atoms with van der Waals surface area (Å²) in [6, 6.07) is 7.92. The summed E-state index contributed by atoms with van der Waals surface area (Å²) in [6.07, 6.45) is 4.57. The number of aromatic amines is 1. The maximum absolute atomic E-state index is 13.5. The van der Waals surface area contributed by atoms with Crippen molar-refractivity contribution in [1.82, 2.24) is 9.88 Å². The van der Waals surface area contributed by atoms with E-state index in [9.17, 15) is 4.79 Å². The second kappa shape index (κ2) is 5.21. The summed E-state index contributed by atoms with van der Waals surface area (Å²) in [5, 5.41) is 1.12.